The Morgan fingerprint density at radius 2 is 1.80 bits per heavy atom. The van der Waals surface area contributed by atoms with Gasteiger partial charge in [0, 0.05) is 18.9 Å². The molecule has 0 spiro atoms. The Labute approximate surface area is 147 Å². The van der Waals surface area contributed by atoms with Crippen molar-refractivity contribution in [2.75, 3.05) is 11.9 Å². The third-order valence-electron chi connectivity index (χ3n) is 3.73. The molecule has 128 valence electrons. The van der Waals surface area contributed by atoms with E-state index in [9.17, 15) is 5.11 Å². The lowest BCUT2D eigenvalue weighted by Gasteiger charge is -2.14. The average molecular weight is 335 g/mol. The minimum Gasteiger partial charge on any atom is -0.489 e. The lowest BCUT2D eigenvalue weighted by Crippen LogP contribution is -2.14. The van der Waals surface area contributed by atoms with Crippen LogP contribution >= 0.6 is 0 Å². The number of nitrogens with one attached hydrogen (secondary N) is 1. The summed E-state index contributed by atoms with van der Waals surface area (Å²) in [6, 6.07) is 17.5. The Morgan fingerprint density at radius 3 is 2.56 bits per heavy atom. The molecule has 5 heteroatoms. The van der Waals surface area contributed by atoms with Crippen LogP contribution in [0.5, 0.6) is 5.75 Å². The van der Waals surface area contributed by atoms with Crippen molar-refractivity contribution in [3.8, 4) is 5.75 Å². The molecule has 2 aromatic carbocycles. The van der Waals surface area contributed by atoms with Gasteiger partial charge in [-0.15, -0.1) is 0 Å². The van der Waals surface area contributed by atoms with E-state index >= 15 is 0 Å². The van der Waals surface area contributed by atoms with Crippen LogP contribution in [0, 0.1) is 6.92 Å². The van der Waals surface area contributed by atoms with Gasteiger partial charge in [0.2, 0.25) is 5.95 Å². The molecule has 0 amide bonds. The van der Waals surface area contributed by atoms with Gasteiger partial charge in [0.1, 0.15) is 12.4 Å². The molecule has 1 unspecified atom stereocenters. The van der Waals surface area contributed by atoms with E-state index in [0.29, 0.717) is 19.1 Å². The van der Waals surface area contributed by atoms with Gasteiger partial charge in [-0.1, -0.05) is 42.5 Å². The maximum absolute atomic E-state index is 10.4. The molecule has 5 nitrogen and oxygen atoms in total. The maximum atomic E-state index is 10.4. The van der Waals surface area contributed by atoms with Gasteiger partial charge in [-0.2, -0.15) is 0 Å². The molecule has 0 bridgehead atoms. The van der Waals surface area contributed by atoms with Crippen LogP contribution in [-0.2, 0) is 6.61 Å². The first-order valence-corrected chi connectivity index (χ1v) is 8.18. The van der Waals surface area contributed by atoms with Crippen LogP contribution in [0.4, 0.5) is 5.95 Å². The van der Waals surface area contributed by atoms with Crippen molar-refractivity contribution in [3.63, 3.8) is 0 Å². The Kier molecular flexibility index (Phi) is 5.59. The molecular weight excluding hydrogens is 314 g/mol. The number of anilines is 1. The lowest BCUT2D eigenvalue weighted by atomic mass is 10.1. The first kappa shape index (κ1) is 16.9. The summed E-state index contributed by atoms with van der Waals surface area (Å²) >= 11 is 0. The minimum atomic E-state index is -0.676. The molecule has 1 aromatic heterocycles. The van der Waals surface area contributed by atoms with Crippen molar-refractivity contribution in [2.24, 2.45) is 0 Å². The summed E-state index contributed by atoms with van der Waals surface area (Å²) in [6.07, 6.45) is 2.80. The molecule has 0 saturated carbocycles. The van der Waals surface area contributed by atoms with E-state index < -0.39 is 6.10 Å². The van der Waals surface area contributed by atoms with E-state index in [1.807, 2.05) is 61.5 Å². The van der Waals surface area contributed by atoms with E-state index in [1.165, 1.54) is 0 Å². The molecule has 2 N–H and O–H groups in total. The molecule has 0 radical (unpaired) electrons. The Balaban J connectivity index is 1.57. The lowest BCUT2D eigenvalue weighted by molar-refractivity contribution is 0.190. The highest BCUT2D eigenvalue weighted by Crippen LogP contribution is 2.20. The van der Waals surface area contributed by atoms with Crippen molar-refractivity contribution >= 4 is 5.95 Å². The van der Waals surface area contributed by atoms with Crippen LogP contribution in [0.2, 0.25) is 0 Å². The van der Waals surface area contributed by atoms with Gasteiger partial charge in [0.15, 0.2) is 0 Å². The number of aliphatic hydroxyl groups is 1. The number of rotatable bonds is 7. The van der Waals surface area contributed by atoms with Gasteiger partial charge in [-0.3, -0.25) is 0 Å². The van der Waals surface area contributed by atoms with Crippen LogP contribution < -0.4 is 10.1 Å². The zero-order chi connectivity index (χ0) is 17.5. The number of hydrogen-bond acceptors (Lipinski definition) is 5. The first-order valence-electron chi connectivity index (χ1n) is 8.18. The van der Waals surface area contributed by atoms with E-state index in [1.54, 1.807) is 12.4 Å². The van der Waals surface area contributed by atoms with Crippen LogP contribution in [-0.4, -0.2) is 21.6 Å². The van der Waals surface area contributed by atoms with E-state index in [2.05, 4.69) is 15.3 Å². The topological polar surface area (TPSA) is 67.3 Å². The molecule has 0 saturated heterocycles. The average Bonchev–Trinajstić information content (AvgIpc) is 2.67. The monoisotopic (exact) mass is 335 g/mol. The fraction of sp³-hybridized carbons (Fsp3) is 0.200. The summed E-state index contributed by atoms with van der Waals surface area (Å²) in [5, 5.41) is 13.4. The van der Waals surface area contributed by atoms with Crippen LogP contribution in [0.25, 0.3) is 0 Å². The molecule has 3 rings (SSSR count). The normalized spacial score (nSPS) is 11.8. The molecule has 25 heavy (non-hydrogen) atoms. The second-order valence-electron chi connectivity index (χ2n) is 5.83. The minimum absolute atomic E-state index is 0.325. The summed E-state index contributed by atoms with van der Waals surface area (Å²) < 4.78 is 5.80. The molecule has 3 aromatic rings. The van der Waals surface area contributed by atoms with Crippen molar-refractivity contribution in [1.29, 1.82) is 0 Å². The number of nitrogens with zero attached hydrogens (tertiary/aromatic N) is 2. The fourth-order valence-electron chi connectivity index (χ4n) is 2.34. The molecule has 1 heterocycles. The van der Waals surface area contributed by atoms with E-state index in [0.717, 1.165) is 22.4 Å². The van der Waals surface area contributed by atoms with Gasteiger partial charge in [0.05, 0.1) is 6.10 Å². The second-order valence-corrected chi connectivity index (χ2v) is 5.83. The first-order chi connectivity index (χ1) is 12.2. The number of benzene rings is 2. The van der Waals surface area contributed by atoms with Gasteiger partial charge in [-0.25, -0.2) is 9.97 Å². The van der Waals surface area contributed by atoms with Crippen LogP contribution in [0.3, 0.4) is 0 Å². The van der Waals surface area contributed by atoms with Crippen molar-refractivity contribution in [3.05, 3.63) is 83.7 Å². The van der Waals surface area contributed by atoms with Crippen molar-refractivity contribution in [1.82, 2.24) is 9.97 Å². The maximum Gasteiger partial charge on any atom is 0.222 e. The zero-order valence-electron chi connectivity index (χ0n) is 14.1. The molecule has 0 fully saturated rings. The van der Waals surface area contributed by atoms with Crippen molar-refractivity contribution < 1.29 is 9.84 Å². The number of aryl methyl sites for hydroxylation is 1. The van der Waals surface area contributed by atoms with Gasteiger partial charge >= 0.3 is 0 Å². The molecule has 0 aliphatic carbocycles. The summed E-state index contributed by atoms with van der Waals surface area (Å²) in [7, 11) is 0. The number of ether oxygens (including phenoxy) is 1. The quantitative estimate of drug-likeness (QED) is 0.691. The highest BCUT2D eigenvalue weighted by molar-refractivity contribution is 5.32. The van der Waals surface area contributed by atoms with E-state index in [-0.39, 0.29) is 0 Å². The fourth-order valence-corrected chi connectivity index (χ4v) is 2.34. The predicted molar refractivity (Wildman–Crippen MR) is 97.4 cm³/mol. The molecule has 0 aliphatic heterocycles. The van der Waals surface area contributed by atoms with Crippen molar-refractivity contribution in [2.45, 2.75) is 19.6 Å². The number of aromatic nitrogens is 2. The Morgan fingerprint density at radius 1 is 1.04 bits per heavy atom. The highest BCUT2D eigenvalue weighted by atomic mass is 16.5. The molecule has 1 atom stereocenters. The summed E-state index contributed by atoms with van der Waals surface area (Å²) in [5.41, 5.74) is 2.88. The predicted octanol–water partition coefficient (Wildman–Crippen LogP) is 3.51. The Bertz CT molecular complexity index is 792. The number of hydrogen-bond donors (Lipinski definition) is 2. The van der Waals surface area contributed by atoms with E-state index in [4.69, 9.17) is 4.74 Å². The summed E-state index contributed by atoms with van der Waals surface area (Å²) in [6.45, 7) is 2.75. The molecular formula is C20H21N3O2. The standard InChI is InChI=1S/C20H21N3O2/c1-15-11-21-20(22-12-15)23-13-19(24)17-8-5-9-18(10-17)25-14-16-6-3-2-4-7-16/h2-12,19,24H,13-14H2,1H3,(H,21,22,23). The van der Waals surface area contributed by atoms with Gasteiger partial charge < -0.3 is 15.2 Å². The smallest absolute Gasteiger partial charge is 0.222 e. The third-order valence-corrected chi connectivity index (χ3v) is 3.73. The third kappa shape index (κ3) is 5.02. The van der Waals surface area contributed by atoms with Gasteiger partial charge in [0.25, 0.3) is 0 Å². The number of aliphatic hydroxyl groups excluding tert-OH is 1. The van der Waals surface area contributed by atoms with Crippen LogP contribution in [0.1, 0.15) is 22.8 Å². The largest absolute Gasteiger partial charge is 0.489 e. The SMILES string of the molecule is Cc1cnc(NCC(O)c2cccc(OCc3ccccc3)c2)nc1. The second kappa shape index (κ2) is 8.26. The van der Waals surface area contributed by atoms with Crippen LogP contribution in [0.15, 0.2) is 67.0 Å². The zero-order valence-corrected chi connectivity index (χ0v) is 14.1. The van der Waals surface area contributed by atoms with Gasteiger partial charge in [-0.05, 0) is 35.7 Å². The summed E-state index contributed by atoms with van der Waals surface area (Å²) in [4.78, 5) is 8.33. The Hall–Kier alpha value is -2.92. The summed E-state index contributed by atoms with van der Waals surface area (Å²) in [5.74, 6) is 1.23. The highest BCUT2D eigenvalue weighted by Gasteiger charge is 2.09. The molecule has 0 aliphatic rings.